The summed E-state index contributed by atoms with van der Waals surface area (Å²) in [6, 6.07) is 0. The first kappa shape index (κ1) is 21.9. The maximum atomic E-state index is 12.9. The Labute approximate surface area is 129 Å². The Hall–Kier alpha value is -0.0800. The molecule has 0 aromatic heterocycles. The van der Waals surface area contributed by atoms with E-state index in [-0.39, 0.29) is 0 Å². The molecule has 0 aliphatic carbocycles. The second-order valence-corrected chi connectivity index (χ2v) is 7.59. The van der Waals surface area contributed by atoms with Crippen molar-refractivity contribution in [2.75, 3.05) is 0 Å². The maximum Gasteiger partial charge on any atom is 0.449 e. The van der Waals surface area contributed by atoms with Crippen LogP contribution in [-0.4, -0.2) is 38.2 Å². The lowest BCUT2D eigenvalue weighted by molar-refractivity contribution is -0.438. The minimum absolute atomic E-state index is 0.477. The first-order valence-corrected chi connectivity index (χ1v) is 7.99. The molecule has 0 fully saturated rings. The SMILES string of the molecule is O=S(=O)(F)NS(=O)(=O)C(F)(F)C(F)(F)OC(F)(F)C(F)(F)I. The van der Waals surface area contributed by atoms with Crippen LogP contribution in [-0.2, 0) is 25.2 Å². The van der Waals surface area contributed by atoms with Gasteiger partial charge in [0.2, 0.25) is 0 Å². The molecule has 0 atom stereocenters. The number of ether oxygens (including phenoxy) is 1. The van der Waals surface area contributed by atoms with Crippen molar-refractivity contribution in [3.63, 3.8) is 0 Å². The zero-order valence-corrected chi connectivity index (χ0v) is 12.9. The lowest BCUT2D eigenvalue weighted by Crippen LogP contribution is -2.57. The molecular weight excluding hydrogens is 504 g/mol. The van der Waals surface area contributed by atoms with Crippen molar-refractivity contribution in [1.29, 1.82) is 0 Å². The third-order valence-corrected chi connectivity index (χ3v) is 4.69. The van der Waals surface area contributed by atoms with E-state index < -0.39 is 68.6 Å². The van der Waals surface area contributed by atoms with Crippen molar-refractivity contribution < 1.29 is 60.6 Å². The van der Waals surface area contributed by atoms with Crippen LogP contribution >= 0.6 is 22.6 Å². The lowest BCUT2D eigenvalue weighted by atomic mass is 10.6. The summed E-state index contributed by atoms with van der Waals surface area (Å²) in [5, 5.41) is -6.86. The van der Waals surface area contributed by atoms with Crippen molar-refractivity contribution in [1.82, 2.24) is 4.13 Å². The highest BCUT2D eigenvalue weighted by atomic mass is 127. The summed E-state index contributed by atoms with van der Waals surface area (Å²) in [7, 11) is -13.7. The average molecular weight is 505 g/mol. The summed E-state index contributed by atoms with van der Waals surface area (Å²) < 4.78 is 149. The van der Waals surface area contributed by atoms with Gasteiger partial charge in [-0.3, -0.25) is 0 Å². The van der Waals surface area contributed by atoms with E-state index in [9.17, 15) is 55.8 Å². The number of alkyl halides is 9. The summed E-state index contributed by atoms with van der Waals surface area (Å²) in [6.07, 6.45) is -13.1. The third-order valence-electron chi connectivity index (χ3n) is 1.47. The molecule has 6 nitrogen and oxygen atoms in total. The van der Waals surface area contributed by atoms with E-state index in [1.54, 1.807) is 0 Å². The Kier molecular flexibility index (Phi) is 5.75. The van der Waals surface area contributed by atoms with Gasteiger partial charge in [0, 0.05) is 22.6 Å². The van der Waals surface area contributed by atoms with Gasteiger partial charge in [0.15, 0.2) is 0 Å². The van der Waals surface area contributed by atoms with Crippen LogP contribution in [0.1, 0.15) is 0 Å². The molecule has 22 heavy (non-hydrogen) atoms. The number of halogens is 10. The van der Waals surface area contributed by atoms with Gasteiger partial charge >= 0.3 is 41.8 Å². The molecular formula is C4HF9INO5S2. The fourth-order valence-electron chi connectivity index (χ4n) is 0.618. The number of sulfonamides is 1. The fraction of sp³-hybridized carbons (Fsp3) is 1.00. The lowest BCUT2D eigenvalue weighted by Gasteiger charge is -2.30. The number of hydrogen-bond donors (Lipinski definition) is 1. The van der Waals surface area contributed by atoms with Crippen LogP contribution in [0.25, 0.3) is 0 Å². The highest BCUT2D eigenvalue weighted by Gasteiger charge is 2.74. The van der Waals surface area contributed by atoms with Crippen molar-refractivity contribution in [2.24, 2.45) is 0 Å². The van der Waals surface area contributed by atoms with Crippen molar-refractivity contribution in [2.45, 2.75) is 21.4 Å². The first-order valence-electron chi connectivity index (χ1n) is 4.04. The fourth-order valence-corrected chi connectivity index (χ4v) is 2.55. The Morgan fingerprint density at radius 3 is 1.45 bits per heavy atom. The van der Waals surface area contributed by atoms with Gasteiger partial charge in [0.25, 0.3) is 0 Å². The second-order valence-electron chi connectivity index (χ2n) is 3.17. The van der Waals surface area contributed by atoms with Crippen molar-refractivity contribution in [3.05, 3.63) is 0 Å². The largest absolute Gasteiger partial charge is 0.449 e. The number of rotatable bonds is 7. The topological polar surface area (TPSA) is 89.5 Å². The Balaban J connectivity index is 5.79. The van der Waals surface area contributed by atoms with Crippen LogP contribution in [0.5, 0.6) is 0 Å². The van der Waals surface area contributed by atoms with Crippen LogP contribution in [0.15, 0.2) is 0 Å². The van der Waals surface area contributed by atoms with Gasteiger partial charge in [0.05, 0.1) is 0 Å². The average Bonchev–Trinajstić information content (AvgIpc) is 2.08. The van der Waals surface area contributed by atoms with E-state index in [4.69, 9.17) is 0 Å². The maximum absolute atomic E-state index is 12.9. The van der Waals surface area contributed by atoms with Crippen molar-refractivity contribution in [3.8, 4) is 0 Å². The third kappa shape index (κ3) is 4.71. The van der Waals surface area contributed by atoms with Gasteiger partial charge in [-0.05, 0) is 0 Å². The molecule has 0 saturated heterocycles. The van der Waals surface area contributed by atoms with E-state index in [2.05, 4.69) is 0 Å². The zero-order valence-electron chi connectivity index (χ0n) is 9.14. The highest BCUT2D eigenvalue weighted by molar-refractivity contribution is 14.1. The molecule has 134 valence electrons. The normalized spacial score (nSPS) is 15.9. The van der Waals surface area contributed by atoms with Gasteiger partial charge in [-0.1, -0.05) is 8.01 Å². The highest BCUT2D eigenvalue weighted by Crippen LogP contribution is 2.48. The summed E-state index contributed by atoms with van der Waals surface area (Å²) in [6.45, 7) is 0. The summed E-state index contributed by atoms with van der Waals surface area (Å²) in [5.74, 6) is 0. The van der Waals surface area contributed by atoms with E-state index in [1.807, 2.05) is 4.74 Å². The van der Waals surface area contributed by atoms with Crippen LogP contribution < -0.4 is 4.13 Å². The van der Waals surface area contributed by atoms with Crippen molar-refractivity contribution >= 4 is 43.0 Å². The van der Waals surface area contributed by atoms with E-state index in [1.165, 1.54) is 0 Å². The second kappa shape index (κ2) is 5.77. The monoisotopic (exact) mass is 505 g/mol. The molecule has 0 heterocycles. The quantitative estimate of drug-likeness (QED) is 0.248. The molecule has 0 bridgehead atoms. The van der Waals surface area contributed by atoms with Gasteiger partial charge < -0.3 is 0 Å². The molecule has 0 spiro atoms. The van der Waals surface area contributed by atoms with E-state index >= 15 is 0 Å². The van der Waals surface area contributed by atoms with Gasteiger partial charge in [-0.2, -0.15) is 43.5 Å². The molecule has 0 aromatic carbocycles. The van der Waals surface area contributed by atoms with Crippen LogP contribution in [0.3, 0.4) is 0 Å². The number of nitrogens with one attached hydrogen (secondary N) is 1. The standard InChI is InChI=1S/C4HF9INO5S2/c5-1(6,14)2(7,8)20-3(9,10)4(11,12)21(16,17)15-22(13,18)19/h15H. The molecule has 0 aliphatic rings. The number of hydrogen-bond acceptors (Lipinski definition) is 5. The van der Waals surface area contributed by atoms with Gasteiger partial charge in [-0.25, -0.2) is 13.2 Å². The molecule has 0 aromatic rings. The summed E-state index contributed by atoms with van der Waals surface area (Å²) >= 11 is -0.477. The van der Waals surface area contributed by atoms with Crippen LogP contribution in [0.2, 0.25) is 0 Å². The smallest absolute Gasteiger partial charge is 0.244 e. The minimum atomic E-state index is -7.20. The molecule has 0 aliphatic heterocycles. The molecule has 0 radical (unpaired) electrons. The first-order chi connectivity index (χ1) is 9.16. The van der Waals surface area contributed by atoms with Crippen LogP contribution in [0, 0.1) is 0 Å². The molecule has 18 heteroatoms. The van der Waals surface area contributed by atoms with Gasteiger partial charge in [-0.15, -0.1) is 0 Å². The molecule has 0 rings (SSSR count). The predicted octanol–water partition coefficient (Wildman–Crippen LogP) is 1.94. The Morgan fingerprint density at radius 2 is 1.18 bits per heavy atom. The molecule has 0 amide bonds. The molecule has 1 N–H and O–H groups in total. The van der Waals surface area contributed by atoms with Crippen LogP contribution in [0.4, 0.5) is 39.0 Å². The van der Waals surface area contributed by atoms with Gasteiger partial charge in [0.1, 0.15) is 0 Å². The Bertz CT molecular complexity index is 625. The van der Waals surface area contributed by atoms with E-state index in [0.717, 1.165) is 0 Å². The minimum Gasteiger partial charge on any atom is -0.244 e. The predicted molar refractivity (Wildman–Crippen MR) is 57.0 cm³/mol. The summed E-state index contributed by atoms with van der Waals surface area (Å²) in [4.78, 5) is 0. The summed E-state index contributed by atoms with van der Waals surface area (Å²) in [5.41, 5.74) is 0. The molecule has 0 saturated carbocycles. The van der Waals surface area contributed by atoms with E-state index in [0.29, 0.717) is 0 Å². The zero-order chi connectivity index (χ0) is 18.4. The molecule has 0 unspecified atom stereocenters. The Morgan fingerprint density at radius 1 is 0.818 bits per heavy atom.